The Hall–Kier alpha value is -1.32. The van der Waals surface area contributed by atoms with Crippen molar-refractivity contribution in [2.75, 3.05) is 14.2 Å². The van der Waals surface area contributed by atoms with Crippen molar-refractivity contribution in [2.45, 2.75) is 32.1 Å². The maximum Gasteiger partial charge on any atom is 0.310 e. The lowest BCUT2D eigenvalue weighted by Crippen LogP contribution is -2.40. The summed E-state index contributed by atoms with van der Waals surface area (Å²) in [6.07, 6.45) is 7.04. The van der Waals surface area contributed by atoms with Crippen LogP contribution in [0.15, 0.2) is 11.6 Å². The molecule has 0 saturated heterocycles. The van der Waals surface area contributed by atoms with Crippen LogP contribution in [0, 0.1) is 17.8 Å². The minimum Gasteiger partial charge on any atom is -0.469 e. The normalized spacial score (nSPS) is 31.0. The summed E-state index contributed by atoms with van der Waals surface area (Å²) in [5.74, 6) is -1.14. The first-order valence-corrected chi connectivity index (χ1v) is 6.53. The number of carbonyl (C=O) groups is 2. The minimum absolute atomic E-state index is 0.170. The summed E-state index contributed by atoms with van der Waals surface area (Å²) in [5, 5.41) is 0. The van der Waals surface area contributed by atoms with Crippen LogP contribution in [-0.4, -0.2) is 26.2 Å². The van der Waals surface area contributed by atoms with Crippen LogP contribution in [0.4, 0.5) is 0 Å². The lowest BCUT2D eigenvalue weighted by Gasteiger charge is -2.38. The number of hydrogen-bond donors (Lipinski definition) is 0. The van der Waals surface area contributed by atoms with Crippen LogP contribution in [0.1, 0.15) is 32.1 Å². The molecule has 0 aromatic rings. The highest BCUT2D eigenvalue weighted by atomic mass is 16.5. The molecule has 0 amide bonds. The predicted molar refractivity (Wildman–Crippen MR) is 65.7 cm³/mol. The standard InChI is InChI=1S/C14H20O4/c1-17-13(15)11-8-7-9-5-3-4-6-10(9)12(11)14(16)18-2/h7,10-12H,3-6,8H2,1-2H3/t10-,11+,12-/m0/s1. The molecule has 0 aromatic carbocycles. The molecule has 0 radical (unpaired) electrons. The van der Waals surface area contributed by atoms with Crippen LogP contribution in [0.3, 0.4) is 0 Å². The number of fused-ring (bicyclic) bond motifs is 1. The number of carbonyl (C=O) groups excluding carboxylic acids is 2. The molecule has 0 N–H and O–H groups in total. The number of hydrogen-bond acceptors (Lipinski definition) is 4. The molecule has 0 spiro atoms. The van der Waals surface area contributed by atoms with E-state index in [1.165, 1.54) is 26.2 Å². The molecule has 4 heteroatoms. The molecule has 1 fully saturated rings. The smallest absolute Gasteiger partial charge is 0.310 e. The van der Waals surface area contributed by atoms with E-state index in [0.717, 1.165) is 19.3 Å². The summed E-state index contributed by atoms with van der Waals surface area (Å²) in [4.78, 5) is 23.8. The van der Waals surface area contributed by atoms with Gasteiger partial charge in [-0.3, -0.25) is 9.59 Å². The Bertz CT molecular complexity index is 372. The highest BCUT2D eigenvalue weighted by Gasteiger charge is 2.44. The Morgan fingerprint density at radius 2 is 1.89 bits per heavy atom. The molecule has 2 aliphatic carbocycles. The fraction of sp³-hybridized carbons (Fsp3) is 0.714. The van der Waals surface area contributed by atoms with Gasteiger partial charge in [0.15, 0.2) is 0 Å². The molecule has 4 nitrogen and oxygen atoms in total. The van der Waals surface area contributed by atoms with Gasteiger partial charge in [0.1, 0.15) is 0 Å². The maximum absolute atomic E-state index is 12.0. The van der Waals surface area contributed by atoms with Crippen molar-refractivity contribution in [1.29, 1.82) is 0 Å². The second-order valence-corrected chi connectivity index (χ2v) is 5.05. The van der Waals surface area contributed by atoms with Gasteiger partial charge in [-0.2, -0.15) is 0 Å². The van der Waals surface area contributed by atoms with E-state index in [1.807, 2.05) is 0 Å². The van der Waals surface area contributed by atoms with E-state index in [4.69, 9.17) is 9.47 Å². The van der Waals surface area contributed by atoms with E-state index in [1.54, 1.807) is 0 Å². The van der Waals surface area contributed by atoms with Crippen LogP contribution in [0.25, 0.3) is 0 Å². The van der Waals surface area contributed by atoms with Gasteiger partial charge in [-0.15, -0.1) is 0 Å². The van der Waals surface area contributed by atoms with Crippen LogP contribution in [0.2, 0.25) is 0 Å². The molecule has 0 bridgehead atoms. The van der Waals surface area contributed by atoms with Gasteiger partial charge in [0.05, 0.1) is 26.1 Å². The van der Waals surface area contributed by atoms with Crippen molar-refractivity contribution >= 4 is 11.9 Å². The molecule has 2 rings (SSSR count). The van der Waals surface area contributed by atoms with E-state index in [0.29, 0.717) is 6.42 Å². The van der Waals surface area contributed by atoms with Crippen molar-refractivity contribution < 1.29 is 19.1 Å². The minimum atomic E-state index is -0.380. The summed E-state index contributed by atoms with van der Waals surface area (Å²) in [5.41, 5.74) is 1.33. The number of ether oxygens (including phenoxy) is 2. The van der Waals surface area contributed by atoms with Gasteiger partial charge < -0.3 is 9.47 Å². The van der Waals surface area contributed by atoms with Crippen LogP contribution in [0.5, 0.6) is 0 Å². The second kappa shape index (κ2) is 5.55. The zero-order valence-electron chi connectivity index (χ0n) is 11.0. The highest BCUT2D eigenvalue weighted by molar-refractivity contribution is 5.83. The fourth-order valence-electron chi connectivity index (χ4n) is 3.29. The first-order valence-electron chi connectivity index (χ1n) is 6.53. The average Bonchev–Trinajstić information content (AvgIpc) is 2.44. The summed E-state index contributed by atoms with van der Waals surface area (Å²) in [6, 6.07) is 0. The SMILES string of the molecule is COC(=O)[C@@H]1[C@H](C(=O)OC)CC=C2CCCC[C@@H]21. The van der Waals surface area contributed by atoms with Gasteiger partial charge in [0, 0.05) is 0 Å². The molecule has 0 heterocycles. The van der Waals surface area contributed by atoms with Crippen molar-refractivity contribution in [3.8, 4) is 0 Å². The molecule has 0 aliphatic heterocycles. The topological polar surface area (TPSA) is 52.6 Å². The third kappa shape index (κ3) is 2.28. The Morgan fingerprint density at radius 1 is 1.17 bits per heavy atom. The zero-order chi connectivity index (χ0) is 13.1. The molecule has 1 saturated carbocycles. The Kier molecular flexibility index (Phi) is 4.04. The summed E-state index contributed by atoms with van der Waals surface area (Å²) in [6.45, 7) is 0. The van der Waals surface area contributed by atoms with Crippen molar-refractivity contribution in [1.82, 2.24) is 0 Å². The summed E-state index contributed by atoms with van der Waals surface area (Å²) < 4.78 is 9.71. The quantitative estimate of drug-likeness (QED) is 0.558. The predicted octanol–water partition coefficient (Wildman–Crippen LogP) is 2.09. The molecule has 0 aromatic heterocycles. The number of allylic oxidation sites excluding steroid dienone is 2. The van der Waals surface area contributed by atoms with Crippen molar-refractivity contribution in [2.24, 2.45) is 17.8 Å². The lowest BCUT2D eigenvalue weighted by atomic mass is 9.66. The molecule has 100 valence electrons. The van der Waals surface area contributed by atoms with Crippen molar-refractivity contribution in [3.05, 3.63) is 11.6 Å². The number of esters is 2. The van der Waals surface area contributed by atoms with E-state index in [-0.39, 0.29) is 29.7 Å². The fourth-order valence-corrected chi connectivity index (χ4v) is 3.29. The largest absolute Gasteiger partial charge is 0.469 e. The molecular weight excluding hydrogens is 232 g/mol. The average molecular weight is 252 g/mol. The van der Waals surface area contributed by atoms with Crippen molar-refractivity contribution in [3.63, 3.8) is 0 Å². The number of methoxy groups -OCH3 is 2. The summed E-state index contributed by atoms with van der Waals surface area (Å²) >= 11 is 0. The van der Waals surface area contributed by atoms with Gasteiger partial charge in [0.25, 0.3) is 0 Å². The van der Waals surface area contributed by atoms with Gasteiger partial charge in [-0.05, 0) is 31.6 Å². The summed E-state index contributed by atoms with van der Waals surface area (Å²) in [7, 11) is 2.76. The molecule has 3 atom stereocenters. The Labute approximate surface area is 107 Å². The van der Waals surface area contributed by atoms with Gasteiger partial charge in [-0.1, -0.05) is 18.1 Å². The highest BCUT2D eigenvalue weighted by Crippen LogP contribution is 2.43. The van der Waals surface area contributed by atoms with Gasteiger partial charge in [0.2, 0.25) is 0 Å². The third-order valence-corrected chi connectivity index (χ3v) is 4.19. The van der Waals surface area contributed by atoms with E-state index >= 15 is 0 Å². The monoisotopic (exact) mass is 252 g/mol. The lowest BCUT2D eigenvalue weighted by molar-refractivity contribution is -0.160. The van der Waals surface area contributed by atoms with E-state index < -0.39 is 0 Å². The molecular formula is C14H20O4. The first-order chi connectivity index (χ1) is 8.69. The van der Waals surface area contributed by atoms with Gasteiger partial charge >= 0.3 is 11.9 Å². The third-order valence-electron chi connectivity index (χ3n) is 4.19. The molecule has 0 unspecified atom stereocenters. The van der Waals surface area contributed by atoms with Crippen LogP contribution in [-0.2, 0) is 19.1 Å². The van der Waals surface area contributed by atoms with E-state index in [2.05, 4.69) is 6.08 Å². The Morgan fingerprint density at radius 3 is 2.56 bits per heavy atom. The van der Waals surface area contributed by atoms with Gasteiger partial charge in [-0.25, -0.2) is 0 Å². The maximum atomic E-state index is 12.0. The van der Waals surface area contributed by atoms with Crippen LogP contribution < -0.4 is 0 Å². The van der Waals surface area contributed by atoms with Crippen LogP contribution >= 0.6 is 0 Å². The number of rotatable bonds is 2. The molecule has 2 aliphatic rings. The van der Waals surface area contributed by atoms with E-state index in [9.17, 15) is 9.59 Å². The zero-order valence-corrected chi connectivity index (χ0v) is 11.0. The second-order valence-electron chi connectivity index (χ2n) is 5.05. The Balaban J connectivity index is 2.28. The first kappa shape index (κ1) is 13.1. The molecule has 18 heavy (non-hydrogen) atoms.